The maximum absolute atomic E-state index is 13.1. The molecule has 1 heterocycles. The van der Waals surface area contributed by atoms with E-state index in [-0.39, 0.29) is 36.8 Å². The highest BCUT2D eigenvalue weighted by Crippen LogP contribution is 2.20. The summed E-state index contributed by atoms with van der Waals surface area (Å²) in [5.74, 6) is -1.38. The molecule has 0 aromatic heterocycles. The van der Waals surface area contributed by atoms with Crippen molar-refractivity contribution in [2.75, 3.05) is 6.54 Å². The minimum atomic E-state index is -0.637. The molecule has 1 aliphatic rings. The average molecular weight is 512 g/mol. The minimum absolute atomic E-state index is 0.0488. The van der Waals surface area contributed by atoms with Crippen molar-refractivity contribution in [3.8, 4) is 0 Å². The van der Waals surface area contributed by atoms with Crippen molar-refractivity contribution in [2.24, 2.45) is 5.92 Å². The Balaban J connectivity index is 1.71. The fourth-order valence-electron chi connectivity index (χ4n) is 3.96. The number of hydrogen-bond donors (Lipinski definition) is 3. The van der Waals surface area contributed by atoms with Crippen molar-refractivity contribution < 1.29 is 19.1 Å². The largest absolute Gasteiger partial charge is 0.454 e. The molecular formula is C28H34ClN3O4. The molecule has 0 aliphatic carbocycles. The van der Waals surface area contributed by atoms with Crippen molar-refractivity contribution in [3.05, 3.63) is 82.9 Å². The van der Waals surface area contributed by atoms with Crippen LogP contribution in [0, 0.1) is 5.92 Å². The van der Waals surface area contributed by atoms with Gasteiger partial charge in [0.05, 0.1) is 12.5 Å². The van der Waals surface area contributed by atoms with Crippen LogP contribution in [0.1, 0.15) is 50.3 Å². The number of rotatable bonds is 7. The lowest BCUT2D eigenvalue weighted by atomic mass is 9.98. The number of nitrogens with one attached hydrogen (secondary N) is 3. The number of hydrogen-bond acceptors (Lipinski definition) is 5. The number of cyclic esters (lactones) is 1. The lowest BCUT2D eigenvalue weighted by Crippen LogP contribution is -2.43. The smallest absolute Gasteiger partial charge is 0.324 e. The van der Waals surface area contributed by atoms with E-state index in [1.165, 1.54) is 0 Å². The SMILES string of the molecule is CC(C)N[C@H]1C/C=C\C[C@@H](CC(=O)NCc2ccc(Cl)cc2)C(=O)NC[C@@H](c2ccccc2)OC1=O. The van der Waals surface area contributed by atoms with Crippen molar-refractivity contribution in [1.29, 1.82) is 0 Å². The third-order valence-electron chi connectivity index (χ3n) is 5.88. The molecule has 36 heavy (non-hydrogen) atoms. The molecule has 2 aromatic carbocycles. The maximum atomic E-state index is 13.1. The molecule has 3 atom stereocenters. The Bertz CT molecular complexity index is 1040. The second kappa shape index (κ2) is 13.8. The van der Waals surface area contributed by atoms with E-state index in [0.29, 0.717) is 24.4 Å². The molecular weight excluding hydrogens is 478 g/mol. The Morgan fingerprint density at radius 3 is 2.44 bits per heavy atom. The third kappa shape index (κ3) is 8.81. The third-order valence-corrected chi connectivity index (χ3v) is 6.13. The summed E-state index contributed by atoms with van der Waals surface area (Å²) >= 11 is 5.92. The van der Waals surface area contributed by atoms with Gasteiger partial charge < -0.3 is 20.7 Å². The van der Waals surface area contributed by atoms with Gasteiger partial charge in [-0.15, -0.1) is 0 Å². The molecule has 192 valence electrons. The number of carbonyl (C=O) groups excluding carboxylic acids is 3. The second-order valence-electron chi connectivity index (χ2n) is 9.20. The van der Waals surface area contributed by atoms with Gasteiger partial charge in [-0.3, -0.25) is 14.4 Å². The Hall–Kier alpha value is -3.16. The fourth-order valence-corrected chi connectivity index (χ4v) is 4.09. The van der Waals surface area contributed by atoms with Gasteiger partial charge in [0.25, 0.3) is 0 Å². The van der Waals surface area contributed by atoms with Gasteiger partial charge in [-0.25, -0.2) is 0 Å². The molecule has 0 saturated carbocycles. The number of benzene rings is 2. The summed E-state index contributed by atoms with van der Waals surface area (Å²) in [5, 5.41) is 9.66. The van der Waals surface area contributed by atoms with E-state index >= 15 is 0 Å². The quantitative estimate of drug-likeness (QED) is 0.384. The van der Waals surface area contributed by atoms with Crippen LogP contribution in [0.2, 0.25) is 5.02 Å². The van der Waals surface area contributed by atoms with Crippen LogP contribution in [0.4, 0.5) is 0 Å². The highest BCUT2D eigenvalue weighted by Gasteiger charge is 2.27. The average Bonchev–Trinajstić information content (AvgIpc) is 2.86. The van der Waals surface area contributed by atoms with Crippen LogP contribution >= 0.6 is 11.6 Å². The van der Waals surface area contributed by atoms with E-state index in [1.807, 2.05) is 68.5 Å². The number of amides is 2. The molecule has 0 spiro atoms. The Kier molecular flexibility index (Phi) is 10.5. The molecule has 2 amide bonds. The number of esters is 1. The van der Waals surface area contributed by atoms with E-state index < -0.39 is 18.1 Å². The predicted molar refractivity (Wildman–Crippen MR) is 140 cm³/mol. The number of halogens is 1. The zero-order valence-electron chi connectivity index (χ0n) is 20.7. The molecule has 0 radical (unpaired) electrons. The van der Waals surface area contributed by atoms with Crippen LogP contribution in [0.25, 0.3) is 0 Å². The first-order valence-corrected chi connectivity index (χ1v) is 12.6. The van der Waals surface area contributed by atoms with Crippen LogP contribution in [0.15, 0.2) is 66.7 Å². The highest BCUT2D eigenvalue weighted by molar-refractivity contribution is 6.30. The molecule has 7 nitrogen and oxygen atoms in total. The first-order valence-electron chi connectivity index (χ1n) is 12.3. The first-order chi connectivity index (χ1) is 17.3. The van der Waals surface area contributed by atoms with Crippen molar-refractivity contribution >= 4 is 29.4 Å². The Morgan fingerprint density at radius 2 is 1.75 bits per heavy atom. The lowest BCUT2D eigenvalue weighted by Gasteiger charge is -2.25. The van der Waals surface area contributed by atoms with Crippen LogP contribution in [0.5, 0.6) is 0 Å². The van der Waals surface area contributed by atoms with E-state index in [2.05, 4.69) is 16.0 Å². The van der Waals surface area contributed by atoms with Crippen LogP contribution < -0.4 is 16.0 Å². The van der Waals surface area contributed by atoms with Crippen LogP contribution in [-0.2, 0) is 25.7 Å². The summed E-state index contributed by atoms with van der Waals surface area (Å²) in [5.41, 5.74) is 1.71. The maximum Gasteiger partial charge on any atom is 0.324 e. The predicted octanol–water partition coefficient (Wildman–Crippen LogP) is 4.08. The zero-order chi connectivity index (χ0) is 25.9. The summed E-state index contributed by atoms with van der Waals surface area (Å²) in [6, 6.07) is 16.2. The molecule has 3 rings (SSSR count). The normalized spacial score (nSPS) is 22.1. The van der Waals surface area contributed by atoms with Gasteiger partial charge in [-0.1, -0.05) is 80.1 Å². The van der Waals surface area contributed by atoms with Crippen LogP contribution in [-0.4, -0.2) is 36.4 Å². The molecule has 0 unspecified atom stereocenters. The number of ether oxygens (including phenoxy) is 1. The summed E-state index contributed by atoms with van der Waals surface area (Å²) in [6.07, 6.45) is 3.95. The first kappa shape index (κ1) is 27.4. The molecule has 0 saturated heterocycles. The van der Waals surface area contributed by atoms with Gasteiger partial charge in [-0.2, -0.15) is 0 Å². The van der Waals surface area contributed by atoms with Gasteiger partial charge in [0.2, 0.25) is 11.8 Å². The summed E-state index contributed by atoms with van der Waals surface area (Å²) in [6.45, 7) is 4.42. The summed E-state index contributed by atoms with van der Waals surface area (Å²) in [7, 11) is 0. The van der Waals surface area contributed by atoms with E-state index in [9.17, 15) is 14.4 Å². The van der Waals surface area contributed by atoms with Crippen molar-refractivity contribution in [3.63, 3.8) is 0 Å². The van der Waals surface area contributed by atoms with Crippen LogP contribution in [0.3, 0.4) is 0 Å². The zero-order valence-corrected chi connectivity index (χ0v) is 21.5. The molecule has 0 bridgehead atoms. The van der Waals surface area contributed by atoms with Gasteiger partial charge in [0, 0.05) is 24.0 Å². The molecule has 2 aromatic rings. The van der Waals surface area contributed by atoms with E-state index in [4.69, 9.17) is 16.3 Å². The van der Waals surface area contributed by atoms with Gasteiger partial charge in [-0.05, 0) is 36.1 Å². The molecule has 3 N–H and O–H groups in total. The molecule has 8 heteroatoms. The molecule has 0 fully saturated rings. The van der Waals surface area contributed by atoms with Gasteiger partial charge >= 0.3 is 5.97 Å². The van der Waals surface area contributed by atoms with Gasteiger partial charge in [0.15, 0.2) is 0 Å². The van der Waals surface area contributed by atoms with Crippen molar-refractivity contribution in [1.82, 2.24) is 16.0 Å². The lowest BCUT2D eigenvalue weighted by molar-refractivity contribution is -0.152. The monoisotopic (exact) mass is 511 g/mol. The minimum Gasteiger partial charge on any atom is -0.454 e. The Labute approximate surface area is 217 Å². The second-order valence-corrected chi connectivity index (χ2v) is 9.64. The number of carbonyl (C=O) groups is 3. The van der Waals surface area contributed by atoms with Crippen molar-refractivity contribution in [2.45, 2.75) is 57.8 Å². The highest BCUT2D eigenvalue weighted by atomic mass is 35.5. The van der Waals surface area contributed by atoms with E-state index in [0.717, 1.165) is 11.1 Å². The summed E-state index contributed by atoms with van der Waals surface area (Å²) < 4.78 is 5.84. The van der Waals surface area contributed by atoms with Gasteiger partial charge in [0.1, 0.15) is 12.1 Å². The number of allylic oxidation sites excluding steroid dienone is 1. The molecule has 1 aliphatic heterocycles. The van der Waals surface area contributed by atoms with E-state index in [1.54, 1.807) is 12.1 Å². The summed E-state index contributed by atoms with van der Waals surface area (Å²) in [4.78, 5) is 38.7. The topological polar surface area (TPSA) is 96.5 Å². The standard InChI is InChI=1S/C28H34ClN3O4/c1-19(2)32-24-11-7-6-10-22(16-26(33)30-17-20-12-14-23(29)15-13-20)27(34)31-18-25(36-28(24)35)21-8-4-3-5-9-21/h3-9,12-15,19,22,24-25,32H,10-11,16-18H2,1-2H3,(H,30,33)(H,31,34)/b7-6-/t22-,24-,25-/m0/s1. The Morgan fingerprint density at radius 1 is 1.06 bits per heavy atom. The fraction of sp³-hybridized carbons (Fsp3) is 0.393.